The summed E-state index contributed by atoms with van der Waals surface area (Å²) in [5, 5.41) is 5.76. The summed E-state index contributed by atoms with van der Waals surface area (Å²) in [4.78, 5) is 40.9. The van der Waals surface area contributed by atoms with Crippen molar-refractivity contribution in [3.05, 3.63) is 54.1 Å². The number of rotatable bonds is 6. The van der Waals surface area contributed by atoms with E-state index < -0.39 is 17.6 Å². The maximum Gasteiger partial charge on any atom is 0.312 e. The molecule has 0 radical (unpaired) electrons. The minimum Gasteiger partial charge on any atom is -0.355 e. The first-order chi connectivity index (χ1) is 15.7. The van der Waals surface area contributed by atoms with Crippen LogP contribution in [0.15, 0.2) is 53.4 Å². The van der Waals surface area contributed by atoms with Crippen LogP contribution in [0.2, 0.25) is 0 Å². The monoisotopic (exact) mass is 476 g/mol. The number of hydrogen-bond acceptors (Lipinski definition) is 5. The van der Waals surface area contributed by atoms with Gasteiger partial charge in [0.1, 0.15) is 0 Å². The average molecular weight is 477 g/mol. The number of nitrogens with zero attached hydrogens (tertiary/aromatic N) is 2. The fourth-order valence-electron chi connectivity index (χ4n) is 3.40. The molecule has 2 aromatic rings. The third-order valence-corrected chi connectivity index (χ3v) is 5.71. The zero-order valence-electron chi connectivity index (χ0n) is 18.4. The molecule has 2 aromatic carbocycles. The summed E-state index contributed by atoms with van der Waals surface area (Å²) in [7, 11) is 0. The Bertz CT molecular complexity index is 993. The zero-order chi connectivity index (χ0) is 24.0. The third-order valence-electron chi connectivity index (χ3n) is 4.98. The predicted molar refractivity (Wildman–Crippen MR) is 124 cm³/mol. The SMILES string of the molecule is CC(C)NC(=O)C(=O)N1CCN(C(=O)c2ccccc2Nc2ccc(SC(F)F)cc2)CC1. The smallest absolute Gasteiger partial charge is 0.312 e. The number of carbonyl (C=O) groups excluding carboxylic acids is 3. The van der Waals surface area contributed by atoms with E-state index in [1.54, 1.807) is 67.3 Å². The first kappa shape index (κ1) is 24.5. The van der Waals surface area contributed by atoms with Crippen LogP contribution in [-0.2, 0) is 9.59 Å². The van der Waals surface area contributed by atoms with Gasteiger partial charge in [-0.2, -0.15) is 8.78 Å². The largest absolute Gasteiger partial charge is 0.355 e. The molecule has 1 fully saturated rings. The molecule has 33 heavy (non-hydrogen) atoms. The summed E-state index contributed by atoms with van der Waals surface area (Å²) >= 11 is 0.472. The average Bonchev–Trinajstić information content (AvgIpc) is 2.79. The number of nitrogens with one attached hydrogen (secondary N) is 2. The fraction of sp³-hybridized carbons (Fsp3) is 0.348. The van der Waals surface area contributed by atoms with E-state index in [0.717, 1.165) is 0 Å². The Hall–Kier alpha value is -3.14. The second-order valence-corrected chi connectivity index (χ2v) is 8.85. The Labute approximate surface area is 195 Å². The van der Waals surface area contributed by atoms with Crippen LogP contribution in [0, 0.1) is 0 Å². The van der Waals surface area contributed by atoms with Crippen molar-refractivity contribution in [3.63, 3.8) is 0 Å². The molecule has 0 aliphatic carbocycles. The summed E-state index contributed by atoms with van der Waals surface area (Å²) < 4.78 is 25.0. The number of halogens is 2. The van der Waals surface area contributed by atoms with E-state index in [4.69, 9.17) is 0 Å². The Morgan fingerprint density at radius 2 is 1.52 bits per heavy atom. The number of thioether (sulfide) groups is 1. The van der Waals surface area contributed by atoms with E-state index in [1.165, 1.54) is 4.90 Å². The topological polar surface area (TPSA) is 81.8 Å². The lowest BCUT2D eigenvalue weighted by atomic mass is 10.1. The van der Waals surface area contributed by atoms with E-state index in [-0.39, 0.29) is 25.0 Å². The lowest BCUT2D eigenvalue weighted by Crippen LogP contribution is -2.54. The van der Waals surface area contributed by atoms with Gasteiger partial charge in [0, 0.05) is 42.8 Å². The highest BCUT2D eigenvalue weighted by Crippen LogP contribution is 2.28. The van der Waals surface area contributed by atoms with Crippen molar-refractivity contribution in [2.24, 2.45) is 0 Å². The molecule has 1 saturated heterocycles. The van der Waals surface area contributed by atoms with Crippen LogP contribution in [0.3, 0.4) is 0 Å². The van der Waals surface area contributed by atoms with Gasteiger partial charge in [0.25, 0.3) is 11.7 Å². The summed E-state index contributed by atoms with van der Waals surface area (Å²) in [5.41, 5.74) is 1.72. The summed E-state index contributed by atoms with van der Waals surface area (Å²) in [5.74, 6) is -3.91. The molecule has 3 rings (SSSR count). The van der Waals surface area contributed by atoms with Gasteiger partial charge in [0.2, 0.25) is 0 Å². The second kappa shape index (κ2) is 11.1. The van der Waals surface area contributed by atoms with Crippen LogP contribution in [-0.4, -0.2) is 65.5 Å². The summed E-state index contributed by atoms with van der Waals surface area (Å²) in [6.45, 7) is 4.73. The Kier molecular flexibility index (Phi) is 8.26. The molecule has 0 spiro atoms. The van der Waals surface area contributed by atoms with Crippen molar-refractivity contribution in [3.8, 4) is 0 Å². The van der Waals surface area contributed by atoms with Gasteiger partial charge in [-0.15, -0.1) is 0 Å². The standard InChI is InChI=1S/C23H26F2N4O3S/c1-15(2)26-20(30)22(32)29-13-11-28(12-14-29)21(31)18-5-3-4-6-19(18)27-16-7-9-17(10-8-16)33-23(24)25/h3-10,15,23,27H,11-14H2,1-2H3,(H,26,30). The van der Waals surface area contributed by atoms with Gasteiger partial charge in [-0.05, 0) is 50.2 Å². The van der Waals surface area contributed by atoms with Crippen LogP contribution in [0.5, 0.6) is 0 Å². The fourth-order valence-corrected chi connectivity index (χ4v) is 3.90. The van der Waals surface area contributed by atoms with Crippen LogP contribution >= 0.6 is 11.8 Å². The molecule has 1 heterocycles. The lowest BCUT2D eigenvalue weighted by Gasteiger charge is -2.34. The van der Waals surface area contributed by atoms with Crippen LogP contribution < -0.4 is 10.6 Å². The number of anilines is 2. The Morgan fingerprint density at radius 3 is 2.12 bits per heavy atom. The highest BCUT2D eigenvalue weighted by molar-refractivity contribution is 7.99. The quantitative estimate of drug-likeness (QED) is 0.492. The van der Waals surface area contributed by atoms with Crippen molar-refractivity contribution < 1.29 is 23.2 Å². The molecule has 0 bridgehead atoms. The van der Waals surface area contributed by atoms with Crippen LogP contribution in [0.25, 0.3) is 0 Å². The molecule has 1 aliphatic rings. The highest BCUT2D eigenvalue weighted by Gasteiger charge is 2.29. The number of para-hydroxylation sites is 1. The van der Waals surface area contributed by atoms with E-state index in [9.17, 15) is 23.2 Å². The van der Waals surface area contributed by atoms with Crippen molar-refractivity contribution in [1.82, 2.24) is 15.1 Å². The molecular formula is C23H26F2N4O3S. The highest BCUT2D eigenvalue weighted by atomic mass is 32.2. The minimum atomic E-state index is -2.48. The Morgan fingerprint density at radius 1 is 0.909 bits per heavy atom. The molecule has 3 amide bonds. The molecule has 0 unspecified atom stereocenters. The van der Waals surface area contributed by atoms with Gasteiger partial charge in [-0.25, -0.2) is 0 Å². The van der Waals surface area contributed by atoms with Gasteiger partial charge in [0.05, 0.1) is 11.3 Å². The molecule has 1 aliphatic heterocycles. The summed E-state index contributed by atoms with van der Waals surface area (Å²) in [6, 6.07) is 13.4. The maximum atomic E-state index is 13.2. The first-order valence-corrected chi connectivity index (χ1v) is 11.4. The molecule has 7 nitrogen and oxygen atoms in total. The van der Waals surface area contributed by atoms with Crippen molar-refractivity contribution >= 4 is 40.9 Å². The molecule has 0 saturated carbocycles. The summed E-state index contributed by atoms with van der Waals surface area (Å²) in [6.07, 6.45) is 0. The van der Waals surface area contributed by atoms with Crippen LogP contribution in [0.4, 0.5) is 20.2 Å². The third kappa shape index (κ3) is 6.67. The zero-order valence-corrected chi connectivity index (χ0v) is 19.2. The molecule has 0 aromatic heterocycles. The first-order valence-electron chi connectivity index (χ1n) is 10.5. The number of piperazine rings is 1. The van der Waals surface area contributed by atoms with Gasteiger partial charge in [-0.1, -0.05) is 23.9 Å². The van der Waals surface area contributed by atoms with Gasteiger partial charge < -0.3 is 20.4 Å². The molecular weight excluding hydrogens is 450 g/mol. The molecule has 176 valence electrons. The maximum absolute atomic E-state index is 13.2. The normalized spacial score (nSPS) is 13.9. The van der Waals surface area contributed by atoms with Gasteiger partial charge in [0.15, 0.2) is 0 Å². The molecule has 0 atom stereocenters. The number of amides is 3. The van der Waals surface area contributed by atoms with E-state index in [2.05, 4.69) is 10.6 Å². The van der Waals surface area contributed by atoms with Crippen molar-refractivity contribution in [2.75, 3.05) is 31.5 Å². The van der Waals surface area contributed by atoms with Gasteiger partial charge >= 0.3 is 11.8 Å². The molecule has 10 heteroatoms. The van der Waals surface area contributed by atoms with Crippen molar-refractivity contribution in [2.45, 2.75) is 30.5 Å². The predicted octanol–water partition coefficient (Wildman–Crippen LogP) is 3.55. The number of carbonyl (C=O) groups is 3. The minimum absolute atomic E-state index is 0.132. The molecule has 2 N–H and O–H groups in total. The van der Waals surface area contributed by atoms with Crippen molar-refractivity contribution in [1.29, 1.82) is 0 Å². The van der Waals surface area contributed by atoms with Crippen LogP contribution in [0.1, 0.15) is 24.2 Å². The number of benzene rings is 2. The van der Waals surface area contributed by atoms with E-state index in [0.29, 0.717) is 46.7 Å². The second-order valence-electron chi connectivity index (χ2n) is 7.79. The van der Waals surface area contributed by atoms with E-state index >= 15 is 0 Å². The van der Waals surface area contributed by atoms with Gasteiger partial charge in [-0.3, -0.25) is 14.4 Å². The van der Waals surface area contributed by atoms with E-state index in [1.807, 2.05) is 0 Å². The number of hydrogen-bond donors (Lipinski definition) is 2. The lowest BCUT2D eigenvalue weighted by molar-refractivity contribution is -0.147. The number of alkyl halides is 2. The Balaban J connectivity index is 1.63.